The Balaban J connectivity index is 2.08. The maximum absolute atomic E-state index is 9.47. The maximum Gasteiger partial charge on any atom is 0.131 e. The summed E-state index contributed by atoms with van der Waals surface area (Å²) in [5, 5.41) is 9.47. The molecule has 1 fully saturated rings. The SMILES string of the molecule is Cc1nc(CC2CCCO2)ncc1[C@H](C)O. The van der Waals surface area contributed by atoms with Gasteiger partial charge in [-0.1, -0.05) is 0 Å². The monoisotopic (exact) mass is 222 g/mol. The Kier molecular flexibility index (Phi) is 3.51. The van der Waals surface area contributed by atoms with Crippen LogP contribution in [0.1, 0.15) is 43.0 Å². The molecule has 2 atom stereocenters. The van der Waals surface area contributed by atoms with Gasteiger partial charge in [0.2, 0.25) is 0 Å². The van der Waals surface area contributed by atoms with E-state index in [1.54, 1.807) is 13.1 Å². The van der Waals surface area contributed by atoms with Crippen LogP contribution in [0, 0.1) is 6.92 Å². The molecule has 4 nitrogen and oxygen atoms in total. The lowest BCUT2D eigenvalue weighted by atomic mass is 10.1. The molecule has 0 spiro atoms. The van der Waals surface area contributed by atoms with Crippen LogP contribution in [-0.4, -0.2) is 27.8 Å². The first kappa shape index (κ1) is 11.5. The third kappa shape index (κ3) is 2.57. The van der Waals surface area contributed by atoms with Crippen LogP contribution in [0.4, 0.5) is 0 Å². The van der Waals surface area contributed by atoms with E-state index in [4.69, 9.17) is 4.74 Å². The molecule has 0 bridgehead atoms. The molecule has 1 saturated heterocycles. The van der Waals surface area contributed by atoms with Crippen molar-refractivity contribution in [3.05, 3.63) is 23.3 Å². The van der Waals surface area contributed by atoms with Gasteiger partial charge in [-0.2, -0.15) is 0 Å². The Hall–Kier alpha value is -1.00. The van der Waals surface area contributed by atoms with E-state index in [1.165, 1.54) is 0 Å². The Labute approximate surface area is 95.7 Å². The zero-order valence-electron chi connectivity index (χ0n) is 9.81. The van der Waals surface area contributed by atoms with Crippen molar-refractivity contribution in [1.82, 2.24) is 9.97 Å². The third-order valence-electron chi connectivity index (χ3n) is 2.95. The van der Waals surface area contributed by atoms with Gasteiger partial charge < -0.3 is 9.84 Å². The zero-order chi connectivity index (χ0) is 11.5. The number of hydrogen-bond acceptors (Lipinski definition) is 4. The number of rotatable bonds is 3. The molecule has 2 rings (SSSR count). The van der Waals surface area contributed by atoms with Crippen LogP contribution in [0.2, 0.25) is 0 Å². The minimum Gasteiger partial charge on any atom is -0.389 e. The van der Waals surface area contributed by atoms with Crippen LogP contribution < -0.4 is 0 Å². The smallest absolute Gasteiger partial charge is 0.131 e. The molecule has 88 valence electrons. The molecule has 1 aliphatic heterocycles. The Morgan fingerprint density at radius 3 is 3.00 bits per heavy atom. The first-order valence-electron chi connectivity index (χ1n) is 5.79. The lowest BCUT2D eigenvalue weighted by Crippen LogP contribution is -2.13. The molecule has 0 aliphatic carbocycles. The number of aryl methyl sites for hydroxylation is 1. The van der Waals surface area contributed by atoms with Crippen LogP contribution in [0.3, 0.4) is 0 Å². The molecule has 1 aromatic heterocycles. The van der Waals surface area contributed by atoms with E-state index in [0.717, 1.165) is 43.0 Å². The molecule has 2 heterocycles. The highest BCUT2D eigenvalue weighted by molar-refractivity contribution is 5.18. The second-order valence-corrected chi connectivity index (χ2v) is 4.34. The van der Waals surface area contributed by atoms with E-state index >= 15 is 0 Å². The van der Waals surface area contributed by atoms with E-state index < -0.39 is 6.10 Å². The van der Waals surface area contributed by atoms with Crippen molar-refractivity contribution in [1.29, 1.82) is 0 Å². The minimum atomic E-state index is -0.503. The molecule has 1 unspecified atom stereocenters. The molecule has 1 aliphatic rings. The number of ether oxygens (including phenoxy) is 1. The van der Waals surface area contributed by atoms with Crippen molar-refractivity contribution < 1.29 is 9.84 Å². The van der Waals surface area contributed by atoms with Gasteiger partial charge in [0.05, 0.1) is 12.2 Å². The van der Waals surface area contributed by atoms with Crippen molar-refractivity contribution in [2.24, 2.45) is 0 Å². The topological polar surface area (TPSA) is 55.2 Å². The molecule has 16 heavy (non-hydrogen) atoms. The van der Waals surface area contributed by atoms with Crippen LogP contribution in [0.15, 0.2) is 6.20 Å². The number of nitrogens with zero attached hydrogens (tertiary/aromatic N) is 2. The molecular formula is C12H18N2O2. The standard InChI is InChI=1S/C12H18N2O2/c1-8-11(9(2)15)7-13-12(14-8)6-10-4-3-5-16-10/h7,9-10,15H,3-6H2,1-2H3/t9-,10?/m0/s1. The fraction of sp³-hybridized carbons (Fsp3) is 0.667. The van der Waals surface area contributed by atoms with E-state index in [9.17, 15) is 5.11 Å². The fourth-order valence-electron chi connectivity index (χ4n) is 2.04. The molecule has 0 aromatic carbocycles. The lowest BCUT2D eigenvalue weighted by molar-refractivity contribution is 0.109. The molecule has 0 radical (unpaired) electrons. The minimum absolute atomic E-state index is 0.275. The second kappa shape index (κ2) is 4.89. The Bertz CT molecular complexity index is 360. The Morgan fingerprint density at radius 1 is 1.62 bits per heavy atom. The second-order valence-electron chi connectivity index (χ2n) is 4.34. The molecule has 0 saturated carbocycles. The molecule has 4 heteroatoms. The molecular weight excluding hydrogens is 204 g/mol. The summed E-state index contributed by atoms with van der Waals surface area (Å²) in [6, 6.07) is 0. The first-order valence-corrected chi connectivity index (χ1v) is 5.79. The first-order chi connectivity index (χ1) is 7.66. The summed E-state index contributed by atoms with van der Waals surface area (Å²) in [7, 11) is 0. The van der Waals surface area contributed by atoms with E-state index in [2.05, 4.69) is 9.97 Å². The van der Waals surface area contributed by atoms with E-state index in [-0.39, 0.29) is 6.10 Å². The molecule has 1 aromatic rings. The van der Waals surface area contributed by atoms with Gasteiger partial charge in [0.1, 0.15) is 5.82 Å². The molecule has 1 N–H and O–H groups in total. The van der Waals surface area contributed by atoms with Gasteiger partial charge in [-0.25, -0.2) is 9.97 Å². The quantitative estimate of drug-likeness (QED) is 0.843. The van der Waals surface area contributed by atoms with E-state index in [0.29, 0.717) is 0 Å². The van der Waals surface area contributed by atoms with Gasteiger partial charge in [0.25, 0.3) is 0 Å². The van der Waals surface area contributed by atoms with Crippen molar-refractivity contribution >= 4 is 0 Å². The van der Waals surface area contributed by atoms with Crippen LogP contribution in [0.5, 0.6) is 0 Å². The number of aliphatic hydroxyl groups excluding tert-OH is 1. The highest BCUT2D eigenvalue weighted by Gasteiger charge is 2.18. The van der Waals surface area contributed by atoms with Gasteiger partial charge in [-0.15, -0.1) is 0 Å². The normalized spacial score (nSPS) is 22.3. The fourth-order valence-corrected chi connectivity index (χ4v) is 2.04. The van der Waals surface area contributed by atoms with Crippen LogP contribution in [0.25, 0.3) is 0 Å². The van der Waals surface area contributed by atoms with Crippen molar-refractivity contribution in [2.45, 2.75) is 45.3 Å². The Morgan fingerprint density at radius 2 is 2.44 bits per heavy atom. The summed E-state index contributed by atoms with van der Waals surface area (Å²) >= 11 is 0. The average molecular weight is 222 g/mol. The number of aliphatic hydroxyl groups is 1. The van der Waals surface area contributed by atoms with Crippen LogP contribution >= 0.6 is 0 Å². The van der Waals surface area contributed by atoms with Gasteiger partial charge in [0, 0.05) is 30.5 Å². The number of hydrogen-bond donors (Lipinski definition) is 1. The maximum atomic E-state index is 9.47. The predicted molar refractivity (Wildman–Crippen MR) is 60.1 cm³/mol. The van der Waals surface area contributed by atoms with Gasteiger partial charge in [-0.05, 0) is 26.7 Å². The lowest BCUT2D eigenvalue weighted by Gasteiger charge is -2.11. The summed E-state index contributed by atoms with van der Waals surface area (Å²) in [5.41, 5.74) is 1.66. The average Bonchev–Trinajstić information content (AvgIpc) is 2.70. The molecule has 0 amide bonds. The summed E-state index contributed by atoms with van der Waals surface area (Å²) in [6.07, 6.45) is 4.50. The zero-order valence-corrected chi connectivity index (χ0v) is 9.81. The van der Waals surface area contributed by atoms with Crippen LogP contribution in [-0.2, 0) is 11.2 Å². The summed E-state index contributed by atoms with van der Waals surface area (Å²) < 4.78 is 5.55. The van der Waals surface area contributed by atoms with Crippen molar-refractivity contribution in [3.8, 4) is 0 Å². The number of aromatic nitrogens is 2. The highest BCUT2D eigenvalue weighted by atomic mass is 16.5. The summed E-state index contributed by atoms with van der Waals surface area (Å²) in [4.78, 5) is 8.68. The van der Waals surface area contributed by atoms with Gasteiger partial charge in [-0.3, -0.25) is 0 Å². The van der Waals surface area contributed by atoms with Gasteiger partial charge in [0.15, 0.2) is 0 Å². The predicted octanol–water partition coefficient (Wildman–Crippen LogP) is 1.56. The highest BCUT2D eigenvalue weighted by Crippen LogP contribution is 2.18. The van der Waals surface area contributed by atoms with Crippen molar-refractivity contribution in [2.75, 3.05) is 6.61 Å². The van der Waals surface area contributed by atoms with Gasteiger partial charge >= 0.3 is 0 Å². The summed E-state index contributed by atoms with van der Waals surface area (Å²) in [5.74, 6) is 0.814. The largest absolute Gasteiger partial charge is 0.389 e. The summed E-state index contributed by atoms with van der Waals surface area (Å²) in [6.45, 7) is 4.49. The van der Waals surface area contributed by atoms with E-state index in [1.807, 2.05) is 6.92 Å². The third-order valence-corrected chi connectivity index (χ3v) is 2.95. The van der Waals surface area contributed by atoms with Crippen molar-refractivity contribution in [3.63, 3.8) is 0 Å².